The van der Waals surface area contributed by atoms with Crippen LogP contribution in [0.5, 0.6) is 5.88 Å². The average molecular weight is 233 g/mol. The van der Waals surface area contributed by atoms with Gasteiger partial charge in [-0.15, -0.1) is 11.6 Å². The highest BCUT2D eigenvalue weighted by atomic mass is 35.5. The van der Waals surface area contributed by atoms with E-state index in [9.17, 15) is 8.78 Å². The Morgan fingerprint density at radius 2 is 2.33 bits per heavy atom. The lowest BCUT2D eigenvalue weighted by atomic mass is 10.1. The number of nitriles is 1. The summed E-state index contributed by atoms with van der Waals surface area (Å²) in [5.74, 6) is -0.167. The van der Waals surface area contributed by atoms with E-state index in [0.717, 1.165) is 6.20 Å². The highest BCUT2D eigenvalue weighted by Gasteiger charge is 2.20. The van der Waals surface area contributed by atoms with E-state index < -0.39 is 6.43 Å². The van der Waals surface area contributed by atoms with Crippen LogP contribution in [-0.4, -0.2) is 12.1 Å². The Labute approximate surface area is 90.3 Å². The van der Waals surface area contributed by atoms with Crippen LogP contribution in [0.2, 0.25) is 0 Å². The van der Waals surface area contributed by atoms with Crippen LogP contribution in [0, 0.1) is 11.3 Å². The summed E-state index contributed by atoms with van der Waals surface area (Å²) in [5.41, 5.74) is -0.298. The molecule has 0 bridgehead atoms. The van der Waals surface area contributed by atoms with E-state index in [0.29, 0.717) is 0 Å². The summed E-state index contributed by atoms with van der Waals surface area (Å²) in [6.45, 7) is 0. The molecule has 0 unspecified atom stereocenters. The maximum absolute atomic E-state index is 12.5. The van der Waals surface area contributed by atoms with Gasteiger partial charge in [-0.1, -0.05) is 0 Å². The molecule has 80 valence electrons. The summed E-state index contributed by atoms with van der Waals surface area (Å²) in [4.78, 5) is 3.61. The van der Waals surface area contributed by atoms with Crippen LogP contribution >= 0.6 is 11.6 Å². The zero-order chi connectivity index (χ0) is 11.4. The molecule has 0 atom stereocenters. The lowest BCUT2D eigenvalue weighted by molar-refractivity contribution is 0.150. The molecule has 0 aliphatic rings. The first-order valence-corrected chi connectivity index (χ1v) is 4.49. The quantitative estimate of drug-likeness (QED) is 0.753. The molecule has 0 aliphatic carbocycles. The summed E-state index contributed by atoms with van der Waals surface area (Å²) in [5, 5.41) is 8.79. The summed E-state index contributed by atoms with van der Waals surface area (Å²) >= 11 is 5.52. The summed E-state index contributed by atoms with van der Waals surface area (Å²) < 4.78 is 29.8. The van der Waals surface area contributed by atoms with Crippen molar-refractivity contribution >= 4 is 11.6 Å². The van der Waals surface area contributed by atoms with Crippen LogP contribution in [0.15, 0.2) is 6.20 Å². The Morgan fingerprint density at radius 1 is 1.67 bits per heavy atom. The van der Waals surface area contributed by atoms with Crippen LogP contribution in [0.4, 0.5) is 8.78 Å². The number of rotatable bonds is 3. The van der Waals surface area contributed by atoms with Crippen LogP contribution in [0.25, 0.3) is 0 Å². The molecule has 3 nitrogen and oxygen atoms in total. The van der Waals surface area contributed by atoms with Gasteiger partial charge < -0.3 is 4.74 Å². The molecule has 15 heavy (non-hydrogen) atoms. The Morgan fingerprint density at radius 3 is 2.73 bits per heavy atom. The van der Waals surface area contributed by atoms with E-state index in [4.69, 9.17) is 21.6 Å². The third-order valence-electron chi connectivity index (χ3n) is 1.86. The smallest absolute Gasteiger partial charge is 0.265 e. The third kappa shape index (κ3) is 2.16. The van der Waals surface area contributed by atoms with E-state index in [-0.39, 0.29) is 28.5 Å². The number of hydrogen-bond acceptors (Lipinski definition) is 3. The fourth-order valence-corrected chi connectivity index (χ4v) is 1.43. The van der Waals surface area contributed by atoms with Crippen molar-refractivity contribution in [2.24, 2.45) is 0 Å². The first-order chi connectivity index (χ1) is 7.15. The number of hydrogen-bond donors (Lipinski definition) is 0. The minimum absolute atomic E-state index is 0.0116. The number of methoxy groups -OCH3 is 1. The van der Waals surface area contributed by atoms with Crippen LogP contribution in [0.1, 0.15) is 23.1 Å². The molecule has 0 saturated carbocycles. The average Bonchev–Trinajstić information content (AvgIpc) is 2.26. The fraction of sp³-hybridized carbons (Fsp3) is 0.333. The van der Waals surface area contributed by atoms with Crippen molar-refractivity contribution in [2.45, 2.75) is 12.3 Å². The predicted molar refractivity (Wildman–Crippen MR) is 50.0 cm³/mol. The monoisotopic (exact) mass is 232 g/mol. The Balaban J connectivity index is 3.43. The molecule has 0 aliphatic heterocycles. The highest BCUT2D eigenvalue weighted by Crippen LogP contribution is 2.29. The molecule has 1 rings (SSSR count). The molecular formula is C9H7ClF2N2O. The maximum atomic E-state index is 12.5. The molecule has 1 heterocycles. The summed E-state index contributed by atoms with van der Waals surface area (Å²) in [6, 6.07) is 1.76. The van der Waals surface area contributed by atoms with Gasteiger partial charge >= 0.3 is 0 Å². The van der Waals surface area contributed by atoms with E-state index in [1.165, 1.54) is 7.11 Å². The van der Waals surface area contributed by atoms with Gasteiger partial charge in [-0.3, -0.25) is 0 Å². The second-order valence-electron chi connectivity index (χ2n) is 2.62. The summed E-state index contributed by atoms with van der Waals surface area (Å²) in [6.07, 6.45) is -1.73. The van der Waals surface area contributed by atoms with E-state index in [1.807, 2.05) is 0 Å². The number of aromatic nitrogens is 1. The molecule has 0 aromatic carbocycles. The molecule has 0 spiro atoms. The van der Waals surface area contributed by atoms with Crippen molar-refractivity contribution in [3.05, 3.63) is 22.9 Å². The van der Waals surface area contributed by atoms with Crippen molar-refractivity contribution in [1.82, 2.24) is 4.98 Å². The molecule has 0 radical (unpaired) electrons. The van der Waals surface area contributed by atoms with Gasteiger partial charge in [-0.25, -0.2) is 13.8 Å². The summed E-state index contributed by atoms with van der Waals surface area (Å²) in [7, 11) is 1.31. The number of ether oxygens (including phenoxy) is 1. The molecule has 0 N–H and O–H groups in total. The van der Waals surface area contributed by atoms with Gasteiger partial charge in [0.15, 0.2) is 0 Å². The van der Waals surface area contributed by atoms with Crippen molar-refractivity contribution in [1.29, 1.82) is 5.26 Å². The zero-order valence-electron chi connectivity index (χ0n) is 7.80. The first-order valence-electron chi connectivity index (χ1n) is 3.95. The Kier molecular flexibility index (Phi) is 3.81. The zero-order valence-corrected chi connectivity index (χ0v) is 8.55. The fourth-order valence-electron chi connectivity index (χ4n) is 1.15. The van der Waals surface area contributed by atoms with Gasteiger partial charge in [0.05, 0.1) is 7.11 Å². The predicted octanol–water partition coefficient (Wildman–Crippen LogP) is 2.64. The number of nitrogens with zero attached hydrogens (tertiary/aromatic N) is 2. The van der Waals surface area contributed by atoms with Crippen LogP contribution < -0.4 is 4.74 Å². The van der Waals surface area contributed by atoms with Gasteiger partial charge in [-0.2, -0.15) is 5.26 Å². The van der Waals surface area contributed by atoms with Gasteiger partial charge in [0.1, 0.15) is 11.6 Å². The van der Waals surface area contributed by atoms with Crippen LogP contribution in [-0.2, 0) is 5.88 Å². The van der Waals surface area contributed by atoms with Gasteiger partial charge in [-0.05, 0) is 0 Å². The molecule has 0 saturated heterocycles. The minimum Gasteiger partial charge on any atom is -0.480 e. The van der Waals surface area contributed by atoms with Crippen LogP contribution in [0.3, 0.4) is 0 Å². The van der Waals surface area contributed by atoms with Crippen molar-refractivity contribution in [3.8, 4) is 11.9 Å². The first kappa shape index (κ1) is 11.7. The van der Waals surface area contributed by atoms with Gasteiger partial charge in [0.25, 0.3) is 6.43 Å². The van der Waals surface area contributed by atoms with Gasteiger partial charge in [0.2, 0.25) is 5.88 Å². The topological polar surface area (TPSA) is 45.9 Å². The molecule has 0 fully saturated rings. The maximum Gasteiger partial charge on any atom is 0.265 e. The molecule has 0 amide bonds. The van der Waals surface area contributed by atoms with E-state index in [1.54, 1.807) is 6.07 Å². The molecule has 1 aromatic rings. The Hall–Kier alpha value is -1.41. The molecular weight excluding hydrogens is 226 g/mol. The van der Waals surface area contributed by atoms with E-state index >= 15 is 0 Å². The third-order valence-corrected chi connectivity index (χ3v) is 2.13. The minimum atomic E-state index is -2.70. The number of halogens is 3. The van der Waals surface area contributed by atoms with Crippen molar-refractivity contribution in [3.63, 3.8) is 0 Å². The Bertz CT molecular complexity index is 404. The normalized spacial score (nSPS) is 10.1. The lowest BCUT2D eigenvalue weighted by Crippen LogP contribution is -2.02. The van der Waals surface area contributed by atoms with E-state index in [2.05, 4.69) is 4.98 Å². The number of pyridine rings is 1. The largest absolute Gasteiger partial charge is 0.480 e. The van der Waals surface area contributed by atoms with Crippen molar-refractivity contribution in [2.75, 3.05) is 7.11 Å². The standard InChI is InChI=1S/C9H7ClF2N2O/c1-15-9-6(3-13)5(2-10)7(4-14-9)8(11)12/h4,8H,2H2,1H3. The highest BCUT2D eigenvalue weighted by molar-refractivity contribution is 6.17. The van der Waals surface area contributed by atoms with Crippen molar-refractivity contribution < 1.29 is 13.5 Å². The second kappa shape index (κ2) is 4.89. The number of alkyl halides is 3. The SMILES string of the molecule is COc1ncc(C(F)F)c(CCl)c1C#N. The molecule has 1 aromatic heterocycles. The molecule has 6 heteroatoms. The lowest BCUT2D eigenvalue weighted by Gasteiger charge is -2.10. The second-order valence-corrected chi connectivity index (χ2v) is 2.89. The van der Waals surface area contributed by atoms with Gasteiger partial charge in [0, 0.05) is 23.2 Å².